The largest absolute Gasteiger partial charge is 0.497 e. The van der Waals surface area contributed by atoms with Crippen molar-refractivity contribution in [2.24, 2.45) is 0 Å². The average molecular weight is 331 g/mol. The number of thiocarbonyl (C=S) groups is 1. The van der Waals surface area contributed by atoms with Gasteiger partial charge in [0.15, 0.2) is 5.11 Å². The van der Waals surface area contributed by atoms with Crippen molar-refractivity contribution < 1.29 is 9.47 Å². The van der Waals surface area contributed by atoms with Crippen LogP contribution in [0.3, 0.4) is 0 Å². The number of anilines is 3. The van der Waals surface area contributed by atoms with Gasteiger partial charge in [-0.1, -0.05) is 0 Å². The normalized spacial score (nSPS) is 9.91. The molecule has 2 aromatic rings. The molecule has 122 valence electrons. The van der Waals surface area contributed by atoms with Crippen molar-refractivity contribution in [3.63, 3.8) is 0 Å². The molecule has 0 aliphatic rings. The Bertz CT molecular complexity index is 672. The SMILES string of the molecule is COc1ccc(NC(=S)Nc2ccc(N(C)C)cc2)c(OC)c1. The lowest BCUT2D eigenvalue weighted by atomic mass is 10.2. The number of hydrogen-bond donors (Lipinski definition) is 2. The van der Waals surface area contributed by atoms with Gasteiger partial charge in [0.2, 0.25) is 0 Å². The molecule has 0 saturated carbocycles. The summed E-state index contributed by atoms with van der Waals surface area (Å²) in [4.78, 5) is 2.04. The number of ether oxygens (including phenoxy) is 2. The van der Waals surface area contributed by atoms with Gasteiger partial charge in [-0.05, 0) is 48.6 Å². The van der Waals surface area contributed by atoms with E-state index in [-0.39, 0.29) is 0 Å². The van der Waals surface area contributed by atoms with Crippen molar-refractivity contribution in [3.05, 3.63) is 42.5 Å². The Labute approximate surface area is 142 Å². The summed E-state index contributed by atoms with van der Waals surface area (Å²) in [6.07, 6.45) is 0. The van der Waals surface area contributed by atoms with Crippen LogP contribution in [-0.4, -0.2) is 33.4 Å². The molecule has 6 heteroatoms. The molecule has 0 spiro atoms. The van der Waals surface area contributed by atoms with Crippen molar-refractivity contribution in [1.82, 2.24) is 0 Å². The lowest BCUT2D eigenvalue weighted by Gasteiger charge is -2.16. The highest BCUT2D eigenvalue weighted by atomic mass is 32.1. The van der Waals surface area contributed by atoms with Gasteiger partial charge in [0.05, 0.1) is 19.9 Å². The summed E-state index contributed by atoms with van der Waals surface area (Å²) in [5, 5.41) is 6.77. The van der Waals surface area contributed by atoms with Gasteiger partial charge in [-0.3, -0.25) is 0 Å². The van der Waals surface area contributed by atoms with Crippen LogP contribution < -0.4 is 25.0 Å². The molecule has 0 aliphatic heterocycles. The van der Waals surface area contributed by atoms with Crippen LogP contribution in [0.5, 0.6) is 11.5 Å². The molecule has 2 aromatic carbocycles. The molecule has 0 radical (unpaired) electrons. The highest BCUT2D eigenvalue weighted by molar-refractivity contribution is 7.80. The summed E-state index contributed by atoms with van der Waals surface area (Å²) >= 11 is 5.35. The fourth-order valence-corrected chi connectivity index (χ4v) is 2.26. The van der Waals surface area contributed by atoms with Gasteiger partial charge >= 0.3 is 0 Å². The molecular weight excluding hydrogens is 310 g/mol. The van der Waals surface area contributed by atoms with E-state index in [1.807, 2.05) is 55.4 Å². The number of benzene rings is 2. The second-order valence-electron chi connectivity index (χ2n) is 5.09. The van der Waals surface area contributed by atoms with Crippen LogP contribution >= 0.6 is 12.2 Å². The maximum Gasteiger partial charge on any atom is 0.175 e. The van der Waals surface area contributed by atoms with Gasteiger partial charge in [-0.15, -0.1) is 0 Å². The molecule has 5 nitrogen and oxygen atoms in total. The average Bonchev–Trinajstić information content (AvgIpc) is 2.55. The number of rotatable bonds is 5. The Morgan fingerprint density at radius 1 is 0.957 bits per heavy atom. The Hall–Kier alpha value is -2.47. The van der Waals surface area contributed by atoms with Crippen molar-refractivity contribution in [2.75, 3.05) is 43.8 Å². The zero-order chi connectivity index (χ0) is 16.8. The van der Waals surface area contributed by atoms with Crippen molar-refractivity contribution >= 4 is 34.4 Å². The number of hydrogen-bond acceptors (Lipinski definition) is 4. The minimum atomic E-state index is 0.492. The quantitative estimate of drug-likeness (QED) is 0.817. The van der Waals surface area contributed by atoms with Gasteiger partial charge in [0.25, 0.3) is 0 Å². The van der Waals surface area contributed by atoms with Crippen molar-refractivity contribution in [2.45, 2.75) is 0 Å². The molecule has 2 N–H and O–H groups in total. The van der Waals surface area contributed by atoms with E-state index in [4.69, 9.17) is 21.7 Å². The number of nitrogens with zero attached hydrogens (tertiary/aromatic N) is 1. The molecule has 0 fully saturated rings. The van der Waals surface area contributed by atoms with Crippen LogP contribution in [-0.2, 0) is 0 Å². The summed E-state index contributed by atoms with van der Waals surface area (Å²) < 4.78 is 10.5. The summed E-state index contributed by atoms with van der Waals surface area (Å²) in [6, 6.07) is 13.5. The summed E-state index contributed by atoms with van der Waals surface area (Å²) in [6.45, 7) is 0. The molecule has 0 saturated heterocycles. The lowest BCUT2D eigenvalue weighted by molar-refractivity contribution is 0.395. The molecule has 2 rings (SSSR count). The summed E-state index contributed by atoms with van der Waals surface area (Å²) in [7, 11) is 7.23. The smallest absolute Gasteiger partial charge is 0.175 e. The first kappa shape index (κ1) is 16.9. The van der Waals surface area contributed by atoms with Gasteiger partial charge in [-0.25, -0.2) is 0 Å². The van der Waals surface area contributed by atoms with E-state index in [1.165, 1.54) is 0 Å². The molecule has 0 heterocycles. The molecule has 0 aliphatic carbocycles. The van der Waals surface area contributed by atoms with Crippen LogP contribution in [0, 0.1) is 0 Å². The predicted molar refractivity (Wildman–Crippen MR) is 100 cm³/mol. The molecule has 0 amide bonds. The monoisotopic (exact) mass is 331 g/mol. The minimum Gasteiger partial charge on any atom is -0.497 e. The van der Waals surface area contributed by atoms with E-state index in [0.29, 0.717) is 10.9 Å². The van der Waals surface area contributed by atoms with Crippen LogP contribution in [0.15, 0.2) is 42.5 Å². The third-order valence-electron chi connectivity index (χ3n) is 3.30. The van der Waals surface area contributed by atoms with E-state index in [9.17, 15) is 0 Å². The summed E-state index contributed by atoms with van der Waals surface area (Å²) in [5.41, 5.74) is 2.82. The van der Waals surface area contributed by atoms with Crippen LogP contribution in [0.25, 0.3) is 0 Å². The highest BCUT2D eigenvalue weighted by Gasteiger charge is 2.07. The molecule has 23 heavy (non-hydrogen) atoms. The first-order valence-corrected chi connectivity index (χ1v) is 7.51. The minimum absolute atomic E-state index is 0.492. The number of methoxy groups -OCH3 is 2. The van der Waals surface area contributed by atoms with Gasteiger partial charge in [0, 0.05) is 31.5 Å². The van der Waals surface area contributed by atoms with Crippen molar-refractivity contribution in [1.29, 1.82) is 0 Å². The fourth-order valence-electron chi connectivity index (χ4n) is 2.03. The maximum absolute atomic E-state index is 5.35. The van der Waals surface area contributed by atoms with Crippen LogP contribution in [0.1, 0.15) is 0 Å². The zero-order valence-electron chi connectivity index (χ0n) is 13.7. The Balaban J connectivity index is 2.04. The second-order valence-corrected chi connectivity index (χ2v) is 5.49. The van der Waals surface area contributed by atoms with Gasteiger partial charge < -0.3 is 25.0 Å². The Kier molecular flexibility index (Phi) is 5.65. The van der Waals surface area contributed by atoms with Gasteiger partial charge in [-0.2, -0.15) is 0 Å². The number of nitrogens with one attached hydrogen (secondary N) is 2. The van der Waals surface area contributed by atoms with E-state index in [0.717, 1.165) is 22.8 Å². The fraction of sp³-hybridized carbons (Fsp3) is 0.235. The maximum atomic E-state index is 5.35. The van der Waals surface area contributed by atoms with E-state index in [2.05, 4.69) is 10.6 Å². The standard InChI is InChI=1S/C17H21N3O2S/c1-20(2)13-7-5-12(6-8-13)18-17(23)19-15-10-9-14(21-3)11-16(15)22-4/h5-11H,1-4H3,(H2,18,19,23). The molecular formula is C17H21N3O2S. The third kappa shape index (κ3) is 4.50. The molecule has 0 atom stereocenters. The first-order valence-electron chi connectivity index (χ1n) is 7.11. The van der Waals surface area contributed by atoms with E-state index < -0.39 is 0 Å². The Morgan fingerprint density at radius 2 is 1.65 bits per heavy atom. The highest BCUT2D eigenvalue weighted by Crippen LogP contribution is 2.29. The van der Waals surface area contributed by atoms with Gasteiger partial charge in [0.1, 0.15) is 11.5 Å². The Morgan fingerprint density at radius 3 is 2.22 bits per heavy atom. The molecule has 0 unspecified atom stereocenters. The molecule has 0 aromatic heterocycles. The third-order valence-corrected chi connectivity index (χ3v) is 3.50. The zero-order valence-corrected chi connectivity index (χ0v) is 14.5. The molecule has 0 bridgehead atoms. The van der Waals surface area contributed by atoms with Crippen LogP contribution in [0.2, 0.25) is 0 Å². The van der Waals surface area contributed by atoms with E-state index in [1.54, 1.807) is 20.3 Å². The predicted octanol–water partition coefficient (Wildman–Crippen LogP) is 3.58. The summed E-state index contributed by atoms with van der Waals surface area (Å²) in [5.74, 6) is 1.39. The topological polar surface area (TPSA) is 45.8 Å². The van der Waals surface area contributed by atoms with Crippen LogP contribution in [0.4, 0.5) is 17.1 Å². The van der Waals surface area contributed by atoms with Crippen molar-refractivity contribution in [3.8, 4) is 11.5 Å². The second kappa shape index (κ2) is 7.69. The lowest BCUT2D eigenvalue weighted by Crippen LogP contribution is -2.19. The first-order chi connectivity index (χ1) is 11.0. The van der Waals surface area contributed by atoms with E-state index >= 15 is 0 Å².